The second-order valence-electron chi connectivity index (χ2n) is 8.28. The highest BCUT2D eigenvalue weighted by Crippen LogP contribution is 2.31. The van der Waals surface area contributed by atoms with E-state index in [0.717, 1.165) is 23.5 Å². The molecule has 0 N–H and O–H groups in total. The average molecular weight is 542 g/mol. The maximum absolute atomic E-state index is 13.4. The summed E-state index contributed by atoms with van der Waals surface area (Å²) < 4.78 is 43.3. The molecule has 0 fully saturated rings. The van der Waals surface area contributed by atoms with E-state index in [0.29, 0.717) is 33.3 Å². The largest absolute Gasteiger partial charge is 0.416 e. The maximum Gasteiger partial charge on any atom is 0.416 e. The predicted molar refractivity (Wildman–Crippen MR) is 137 cm³/mol. The van der Waals surface area contributed by atoms with Gasteiger partial charge in [0.15, 0.2) is 5.16 Å². The lowest BCUT2D eigenvalue weighted by Gasteiger charge is -2.15. The van der Waals surface area contributed by atoms with Gasteiger partial charge in [-0.2, -0.15) is 13.2 Å². The van der Waals surface area contributed by atoms with Crippen molar-refractivity contribution in [3.63, 3.8) is 0 Å². The van der Waals surface area contributed by atoms with Gasteiger partial charge in [-0.05, 0) is 48.0 Å². The van der Waals surface area contributed by atoms with Crippen LogP contribution in [0.3, 0.4) is 0 Å². The van der Waals surface area contributed by atoms with Gasteiger partial charge in [0, 0.05) is 18.5 Å². The van der Waals surface area contributed by atoms with Crippen LogP contribution in [0.2, 0.25) is 5.02 Å². The first-order valence-electron chi connectivity index (χ1n) is 11.1. The molecule has 0 saturated heterocycles. The van der Waals surface area contributed by atoms with Gasteiger partial charge in [-0.15, -0.1) is 10.2 Å². The molecule has 0 amide bonds. The molecular weight excluding hydrogens is 523 g/mol. The molecule has 0 aliphatic heterocycles. The third kappa shape index (κ3) is 5.26. The third-order valence-corrected chi connectivity index (χ3v) is 7.08. The van der Waals surface area contributed by atoms with Crippen LogP contribution in [0.15, 0.2) is 82.7 Å². The zero-order valence-corrected chi connectivity index (χ0v) is 21.0. The van der Waals surface area contributed by atoms with E-state index < -0.39 is 17.3 Å². The number of hydrogen-bond donors (Lipinski definition) is 0. The number of fused-ring (bicyclic) bond motifs is 1. The zero-order chi connectivity index (χ0) is 26.2. The molecular formula is C26H19ClF3N5OS. The normalized spacial score (nSPS) is 11.8. The Kier molecular flexibility index (Phi) is 6.78. The van der Waals surface area contributed by atoms with Crippen molar-refractivity contribution in [2.24, 2.45) is 7.05 Å². The van der Waals surface area contributed by atoms with E-state index in [1.165, 1.54) is 28.5 Å². The number of nitrogens with zero attached hydrogens (tertiary/aromatic N) is 5. The molecule has 0 aliphatic rings. The summed E-state index contributed by atoms with van der Waals surface area (Å²) in [5.74, 6) is 1.21. The molecule has 11 heteroatoms. The van der Waals surface area contributed by atoms with Crippen LogP contribution in [0.1, 0.15) is 22.8 Å². The Morgan fingerprint density at radius 3 is 2.46 bits per heavy atom. The van der Waals surface area contributed by atoms with E-state index in [-0.39, 0.29) is 11.4 Å². The molecule has 5 rings (SSSR count). The van der Waals surface area contributed by atoms with Crippen molar-refractivity contribution in [3.05, 3.63) is 111 Å². The summed E-state index contributed by atoms with van der Waals surface area (Å²) in [6.07, 6.45) is -4.00. The first-order valence-corrected chi connectivity index (χ1v) is 12.5. The molecule has 0 bridgehead atoms. The van der Waals surface area contributed by atoms with Crippen LogP contribution >= 0.6 is 23.4 Å². The highest BCUT2D eigenvalue weighted by Gasteiger charge is 2.31. The summed E-state index contributed by atoms with van der Waals surface area (Å²) in [5.41, 5.74) is 0.291. The van der Waals surface area contributed by atoms with E-state index in [1.54, 1.807) is 36.4 Å². The Balaban J connectivity index is 1.50. The standard InChI is InChI=1S/C26H19ClF3N5OS/c1-34-22(13-16-9-11-18(27)12-10-16)32-33-25(34)37-15-23-31-21-8-3-2-7-20(21)24(36)35(23)19-6-4-5-17(14-19)26(28,29)30/h2-12,14H,13,15H2,1H3. The summed E-state index contributed by atoms with van der Waals surface area (Å²) in [6.45, 7) is 0. The lowest BCUT2D eigenvalue weighted by Crippen LogP contribution is -2.24. The van der Waals surface area contributed by atoms with Crippen LogP contribution in [0.4, 0.5) is 13.2 Å². The molecule has 0 spiro atoms. The Labute approximate surface area is 218 Å². The highest BCUT2D eigenvalue weighted by molar-refractivity contribution is 7.98. The van der Waals surface area contributed by atoms with E-state index in [2.05, 4.69) is 15.2 Å². The monoisotopic (exact) mass is 541 g/mol. The summed E-state index contributed by atoms with van der Waals surface area (Å²) >= 11 is 7.26. The van der Waals surface area contributed by atoms with Crippen molar-refractivity contribution in [2.45, 2.75) is 23.5 Å². The summed E-state index contributed by atoms with van der Waals surface area (Å²) in [5, 5.41) is 10.1. The smallest absolute Gasteiger partial charge is 0.309 e. The molecule has 2 heterocycles. The van der Waals surface area contributed by atoms with Gasteiger partial charge in [0.1, 0.15) is 11.6 Å². The van der Waals surface area contributed by atoms with Crippen LogP contribution < -0.4 is 5.56 Å². The molecule has 37 heavy (non-hydrogen) atoms. The summed E-state index contributed by atoms with van der Waals surface area (Å²) in [7, 11) is 1.83. The van der Waals surface area contributed by atoms with Crippen molar-refractivity contribution < 1.29 is 13.2 Å². The minimum Gasteiger partial charge on any atom is -0.309 e. The Morgan fingerprint density at radius 2 is 1.70 bits per heavy atom. The van der Waals surface area contributed by atoms with Gasteiger partial charge in [-0.1, -0.05) is 53.7 Å². The van der Waals surface area contributed by atoms with Crippen molar-refractivity contribution in [2.75, 3.05) is 0 Å². The fourth-order valence-corrected chi connectivity index (χ4v) is 4.88. The Bertz CT molecular complexity index is 1650. The lowest BCUT2D eigenvalue weighted by molar-refractivity contribution is -0.137. The second-order valence-corrected chi connectivity index (χ2v) is 9.66. The van der Waals surface area contributed by atoms with Gasteiger partial charge >= 0.3 is 6.18 Å². The number of rotatable bonds is 6. The van der Waals surface area contributed by atoms with E-state index in [9.17, 15) is 18.0 Å². The second kappa shape index (κ2) is 10.0. The van der Waals surface area contributed by atoms with Crippen molar-refractivity contribution in [1.29, 1.82) is 0 Å². The number of alkyl halides is 3. The van der Waals surface area contributed by atoms with Crippen LogP contribution in [-0.4, -0.2) is 24.3 Å². The molecule has 0 saturated carbocycles. The van der Waals surface area contributed by atoms with Crippen molar-refractivity contribution in [1.82, 2.24) is 24.3 Å². The van der Waals surface area contributed by atoms with Gasteiger partial charge < -0.3 is 4.57 Å². The molecule has 0 atom stereocenters. The zero-order valence-electron chi connectivity index (χ0n) is 19.4. The average Bonchev–Trinajstić information content (AvgIpc) is 3.22. The van der Waals surface area contributed by atoms with Crippen LogP contribution in [0, 0.1) is 0 Å². The first kappa shape index (κ1) is 25.0. The Hall–Kier alpha value is -3.63. The number of thioether (sulfide) groups is 1. The van der Waals surface area contributed by atoms with Gasteiger partial charge in [0.2, 0.25) is 0 Å². The minimum absolute atomic E-state index is 0.0927. The predicted octanol–water partition coefficient (Wildman–Crippen LogP) is 6.07. The van der Waals surface area contributed by atoms with E-state index in [1.807, 2.05) is 23.7 Å². The van der Waals surface area contributed by atoms with E-state index >= 15 is 0 Å². The molecule has 0 unspecified atom stereocenters. The Morgan fingerprint density at radius 1 is 0.946 bits per heavy atom. The molecule has 0 aliphatic carbocycles. The maximum atomic E-state index is 13.4. The van der Waals surface area contributed by atoms with Gasteiger partial charge in [0.25, 0.3) is 5.56 Å². The van der Waals surface area contributed by atoms with Gasteiger partial charge in [-0.25, -0.2) is 4.98 Å². The minimum atomic E-state index is -4.54. The van der Waals surface area contributed by atoms with Crippen LogP contribution in [-0.2, 0) is 25.4 Å². The summed E-state index contributed by atoms with van der Waals surface area (Å²) in [4.78, 5) is 18.0. The number of halogens is 4. The fraction of sp³-hybridized carbons (Fsp3) is 0.154. The van der Waals surface area contributed by atoms with Crippen molar-refractivity contribution in [3.8, 4) is 5.69 Å². The van der Waals surface area contributed by atoms with Gasteiger partial charge in [0.05, 0.1) is 27.9 Å². The van der Waals surface area contributed by atoms with Crippen LogP contribution in [0.5, 0.6) is 0 Å². The number of para-hydroxylation sites is 1. The molecule has 0 radical (unpaired) electrons. The molecule has 188 valence electrons. The number of aromatic nitrogens is 5. The molecule has 6 nitrogen and oxygen atoms in total. The molecule has 3 aromatic carbocycles. The quantitative estimate of drug-likeness (QED) is 0.244. The molecule has 2 aromatic heterocycles. The SMILES string of the molecule is Cn1c(Cc2ccc(Cl)cc2)nnc1SCc1nc2ccccc2c(=O)n1-c1cccc(C(F)(F)F)c1. The molecule has 5 aromatic rings. The third-order valence-electron chi connectivity index (χ3n) is 5.81. The highest BCUT2D eigenvalue weighted by atomic mass is 35.5. The first-order chi connectivity index (χ1) is 17.7. The van der Waals surface area contributed by atoms with E-state index in [4.69, 9.17) is 11.6 Å². The van der Waals surface area contributed by atoms with Crippen molar-refractivity contribution >= 4 is 34.3 Å². The number of benzene rings is 3. The van der Waals surface area contributed by atoms with Gasteiger partial charge in [-0.3, -0.25) is 9.36 Å². The summed E-state index contributed by atoms with van der Waals surface area (Å²) in [6, 6.07) is 18.9. The topological polar surface area (TPSA) is 65.6 Å². The lowest BCUT2D eigenvalue weighted by atomic mass is 10.1. The number of hydrogen-bond acceptors (Lipinski definition) is 5. The fourth-order valence-electron chi connectivity index (χ4n) is 3.90. The van der Waals surface area contributed by atoms with Crippen LogP contribution in [0.25, 0.3) is 16.6 Å².